The highest BCUT2D eigenvalue weighted by atomic mass is 16.1. The van der Waals surface area contributed by atoms with E-state index in [0.29, 0.717) is 12.5 Å². The van der Waals surface area contributed by atoms with Crippen LogP contribution in [0.4, 0.5) is 5.82 Å². The molecular weight excluding hydrogens is 156 g/mol. The summed E-state index contributed by atoms with van der Waals surface area (Å²) >= 11 is 0. The summed E-state index contributed by atoms with van der Waals surface area (Å²) in [7, 11) is 0. The Kier molecular flexibility index (Phi) is 1.79. The summed E-state index contributed by atoms with van der Waals surface area (Å²) in [6.07, 6.45) is 2.35. The summed E-state index contributed by atoms with van der Waals surface area (Å²) in [6.45, 7) is 1.85. The first kappa shape index (κ1) is 7.30. The van der Waals surface area contributed by atoms with Crippen LogP contribution in [-0.4, -0.2) is 29.3 Å². The number of hydrogen-bond donors (Lipinski definition) is 2. The van der Waals surface area contributed by atoms with Crippen molar-refractivity contribution in [3.63, 3.8) is 0 Å². The Balaban J connectivity index is 2.17. The fourth-order valence-electron chi connectivity index (χ4n) is 1.23. The summed E-state index contributed by atoms with van der Waals surface area (Å²) in [4.78, 5) is 10.2. The van der Waals surface area contributed by atoms with Crippen LogP contribution in [-0.2, 0) is 4.79 Å². The summed E-state index contributed by atoms with van der Waals surface area (Å²) in [6, 6.07) is 2.18. The van der Waals surface area contributed by atoms with E-state index in [2.05, 4.69) is 15.7 Å². The number of nitrogens with zero attached hydrogens (tertiary/aromatic N) is 2. The first-order valence-corrected chi connectivity index (χ1v) is 3.86. The van der Waals surface area contributed by atoms with Gasteiger partial charge in [0.2, 0.25) is 6.41 Å². The highest BCUT2D eigenvalue weighted by Crippen LogP contribution is 2.16. The lowest BCUT2D eigenvalue weighted by atomic mass is 10.2. The van der Waals surface area contributed by atoms with Crippen LogP contribution in [0, 0.1) is 0 Å². The van der Waals surface area contributed by atoms with Gasteiger partial charge in [0.25, 0.3) is 0 Å². The Bertz CT molecular complexity index is 279. The van der Waals surface area contributed by atoms with Gasteiger partial charge in [0.15, 0.2) is 0 Å². The SMILES string of the molecule is O=CNc1ccnn1C1CNC1. The Morgan fingerprint density at radius 3 is 3.17 bits per heavy atom. The fraction of sp³-hybridized carbons (Fsp3) is 0.429. The normalized spacial score (nSPS) is 17.0. The Morgan fingerprint density at radius 1 is 1.75 bits per heavy atom. The fourth-order valence-corrected chi connectivity index (χ4v) is 1.23. The van der Waals surface area contributed by atoms with Gasteiger partial charge in [-0.15, -0.1) is 0 Å². The van der Waals surface area contributed by atoms with Gasteiger partial charge in [-0.1, -0.05) is 0 Å². The molecule has 0 aliphatic carbocycles. The summed E-state index contributed by atoms with van der Waals surface area (Å²) < 4.78 is 1.82. The van der Waals surface area contributed by atoms with Crippen molar-refractivity contribution >= 4 is 12.2 Å². The highest BCUT2D eigenvalue weighted by molar-refractivity contribution is 5.68. The van der Waals surface area contributed by atoms with E-state index >= 15 is 0 Å². The van der Waals surface area contributed by atoms with Gasteiger partial charge in [0, 0.05) is 19.2 Å². The van der Waals surface area contributed by atoms with Gasteiger partial charge in [-0.05, 0) is 0 Å². The molecule has 1 aliphatic heterocycles. The molecule has 2 rings (SSSR count). The van der Waals surface area contributed by atoms with Gasteiger partial charge in [-0.2, -0.15) is 5.10 Å². The van der Waals surface area contributed by atoms with E-state index in [1.54, 1.807) is 12.3 Å². The van der Waals surface area contributed by atoms with Crippen molar-refractivity contribution in [1.82, 2.24) is 15.1 Å². The van der Waals surface area contributed by atoms with Crippen LogP contribution in [0.2, 0.25) is 0 Å². The third-order valence-electron chi connectivity index (χ3n) is 1.98. The number of amides is 1. The lowest BCUT2D eigenvalue weighted by Gasteiger charge is -2.28. The second-order valence-corrected chi connectivity index (χ2v) is 2.74. The number of anilines is 1. The predicted octanol–water partition coefficient (Wildman–Crippen LogP) is -0.404. The lowest BCUT2D eigenvalue weighted by Crippen LogP contribution is -2.44. The first-order valence-electron chi connectivity index (χ1n) is 3.86. The van der Waals surface area contributed by atoms with E-state index in [9.17, 15) is 4.79 Å². The van der Waals surface area contributed by atoms with Crippen LogP contribution < -0.4 is 10.6 Å². The van der Waals surface area contributed by atoms with E-state index in [4.69, 9.17) is 0 Å². The Labute approximate surface area is 69.8 Å². The topological polar surface area (TPSA) is 59.0 Å². The predicted molar refractivity (Wildman–Crippen MR) is 43.8 cm³/mol. The summed E-state index contributed by atoms with van der Waals surface area (Å²) in [5, 5.41) is 9.85. The minimum atomic E-state index is 0.391. The molecule has 5 heteroatoms. The third-order valence-corrected chi connectivity index (χ3v) is 1.98. The van der Waals surface area contributed by atoms with Gasteiger partial charge in [-0.25, -0.2) is 4.68 Å². The summed E-state index contributed by atoms with van der Waals surface area (Å²) in [5.74, 6) is 0.761. The van der Waals surface area contributed by atoms with Gasteiger partial charge in [-0.3, -0.25) is 4.79 Å². The monoisotopic (exact) mass is 166 g/mol. The van der Waals surface area contributed by atoms with Crippen LogP contribution in [0.3, 0.4) is 0 Å². The van der Waals surface area contributed by atoms with Crippen molar-refractivity contribution < 1.29 is 4.79 Å². The molecule has 2 heterocycles. The van der Waals surface area contributed by atoms with Crippen LogP contribution in [0.5, 0.6) is 0 Å². The van der Waals surface area contributed by atoms with Gasteiger partial charge in [0.1, 0.15) is 5.82 Å². The first-order chi connectivity index (χ1) is 5.92. The standard InChI is InChI=1S/C7H10N4O/c12-5-9-7-1-2-10-11(7)6-3-8-4-6/h1-2,5-6,8H,3-4H2,(H,9,12). The third kappa shape index (κ3) is 1.08. The maximum absolute atomic E-state index is 10.2. The maximum Gasteiger partial charge on any atom is 0.212 e. The second-order valence-electron chi connectivity index (χ2n) is 2.74. The molecule has 1 aliphatic rings. The van der Waals surface area contributed by atoms with E-state index in [1.807, 2.05) is 4.68 Å². The largest absolute Gasteiger partial charge is 0.314 e. The molecule has 1 saturated heterocycles. The smallest absolute Gasteiger partial charge is 0.212 e. The van der Waals surface area contributed by atoms with Crippen molar-refractivity contribution in [3.05, 3.63) is 12.3 Å². The molecule has 64 valence electrons. The molecule has 1 aromatic heterocycles. The van der Waals surface area contributed by atoms with E-state index in [-0.39, 0.29) is 0 Å². The number of nitrogens with one attached hydrogen (secondary N) is 2. The minimum absolute atomic E-state index is 0.391. The van der Waals surface area contributed by atoms with E-state index < -0.39 is 0 Å². The zero-order valence-corrected chi connectivity index (χ0v) is 6.53. The van der Waals surface area contributed by atoms with Crippen LogP contribution in [0.1, 0.15) is 6.04 Å². The van der Waals surface area contributed by atoms with Crippen molar-refractivity contribution in [2.24, 2.45) is 0 Å². The Morgan fingerprint density at radius 2 is 2.58 bits per heavy atom. The molecule has 0 saturated carbocycles. The maximum atomic E-state index is 10.2. The molecule has 0 radical (unpaired) electrons. The zero-order chi connectivity index (χ0) is 8.39. The lowest BCUT2D eigenvalue weighted by molar-refractivity contribution is -0.105. The molecule has 1 amide bonds. The van der Waals surface area contributed by atoms with Crippen LogP contribution in [0.15, 0.2) is 12.3 Å². The van der Waals surface area contributed by atoms with Crippen LogP contribution in [0.25, 0.3) is 0 Å². The molecule has 1 fully saturated rings. The molecule has 0 aromatic carbocycles. The molecule has 12 heavy (non-hydrogen) atoms. The van der Waals surface area contributed by atoms with Crippen molar-refractivity contribution in [2.75, 3.05) is 18.4 Å². The van der Waals surface area contributed by atoms with Gasteiger partial charge >= 0.3 is 0 Å². The average Bonchev–Trinajstić information content (AvgIpc) is 2.35. The molecular formula is C7H10N4O. The van der Waals surface area contributed by atoms with Crippen LogP contribution >= 0.6 is 0 Å². The number of carbonyl (C=O) groups excluding carboxylic acids is 1. The Hall–Kier alpha value is -1.36. The molecule has 5 nitrogen and oxygen atoms in total. The number of carbonyl (C=O) groups is 1. The molecule has 2 N–H and O–H groups in total. The summed E-state index contributed by atoms with van der Waals surface area (Å²) in [5.41, 5.74) is 0. The molecule has 0 spiro atoms. The molecule has 0 bridgehead atoms. The van der Waals surface area contributed by atoms with E-state index in [1.165, 1.54) is 0 Å². The van der Waals surface area contributed by atoms with E-state index in [0.717, 1.165) is 18.9 Å². The van der Waals surface area contributed by atoms with Crippen molar-refractivity contribution in [2.45, 2.75) is 6.04 Å². The van der Waals surface area contributed by atoms with Gasteiger partial charge in [0.05, 0.1) is 12.2 Å². The second kappa shape index (κ2) is 2.94. The quantitative estimate of drug-likeness (QED) is 0.600. The molecule has 1 aromatic rings. The number of aromatic nitrogens is 2. The molecule has 0 unspecified atom stereocenters. The number of hydrogen-bond acceptors (Lipinski definition) is 3. The van der Waals surface area contributed by atoms with Gasteiger partial charge < -0.3 is 10.6 Å². The zero-order valence-electron chi connectivity index (χ0n) is 6.53. The van der Waals surface area contributed by atoms with Crippen molar-refractivity contribution in [1.29, 1.82) is 0 Å². The highest BCUT2D eigenvalue weighted by Gasteiger charge is 2.21. The van der Waals surface area contributed by atoms with Crippen molar-refractivity contribution in [3.8, 4) is 0 Å². The average molecular weight is 166 g/mol. The molecule has 0 atom stereocenters. The number of rotatable bonds is 3. The minimum Gasteiger partial charge on any atom is -0.314 e.